The van der Waals surface area contributed by atoms with Crippen LogP contribution in [0.2, 0.25) is 0 Å². The number of nitrogens with two attached hydrogens (primary N) is 1. The fourth-order valence-electron chi connectivity index (χ4n) is 1.72. The first kappa shape index (κ1) is 13.0. The van der Waals surface area contributed by atoms with Crippen molar-refractivity contribution >= 4 is 5.95 Å². The Bertz CT molecular complexity index is 306. The summed E-state index contributed by atoms with van der Waals surface area (Å²) < 4.78 is 2.25. The van der Waals surface area contributed by atoms with Crippen LogP contribution in [0.4, 0.5) is 5.95 Å². The summed E-state index contributed by atoms with van der Waals surface area (Å²) in [5.74, 6) is 1.05. The van der Waals surface area contributed by atoms with Crippen LogP contribution in [0.15, 0.2) is 6.20 Å². The molecule has 0 radical (unpaired) electrons. The first-order chi connectivity index (χ1) is 7.72. The van der Waals surface area contributed by atoms with Gasteiger partial charge in [0.05, 0.1) is 5.69 Å². The first-order valence-electron chi connectivity index (χ1n) is 6.20. The molecule has 0 aromatic carbocycles. The number of hydrogen-bond donors (Lipinski definition) is 1. The second-order valence-electron chi connectivity index (χ2n) is 4.14. The normalized spacial score (nSPS) is 10.8. The summed E-state index contributed by atoms with van der Waals surface area (Å²) in [5.41, 5.74) is 6.74. The van der Waals surface area contributed by atoms with E-state index in [1.807, 2.05) is 0 Å². The molecular formula is C12H24N4. The quantitative estimate of drug-likeness (QED) is 0.766. The fraction of sp³-hybridized carbons (Fsp3) is 0.750. The van der Waals surface area contributed by atoms with E-state index in [0.29, 0.717) is 6.54 Å². The van der Waals surface area contributed by atoms with Gasteiger partial charge in [-0.2, -0.15) is 0 Å². The van der Waals surface area contributed by atoms with E-state index >= 15 is 0 Å². The summed E-state index contributed by atoms with van der Waals surface area (Å²) in [7, 11) is 2.05. The molecule has 0 fully saturated rings. The lowest BCUT2D eigenvalue weighted by Crippen LogP contribution is -2.27. The summed E-state index contributed by atoms with van der Waals surface area (Å²) in [5, 5.41) is 0. The Morgan fingerprint density at radius 1 is 1.44 bits per heavy atom. The zero-order chi connectivity index (χ0) is 12.0. The van der Waals surface area contributed by atoms with Crippen LogP contribution in [0.5, 0.6) is 0 Å². The lowest BCUT2D eigenvalue weighted by Gasteiger charge is -2.18. The average Bonchev–Trinajstić information content (AvgIpc) is 2.70. The molecule has 4 heteroatoms. The molecule has 0 saturated heterocycles. The highest BCUT2D eigenvalue weighted by atomic mass is 15.3. The van der Waals surface area contributed by atoms with E-state index in [4.69, 9.17) is 5.73 Å². The SMILES string of the molecule is CCCCn1cc(CC)nc1N(C)CCN. The fourth-order valence-corrected chi connectivity index (χ4v) is 1.72. The van der Waals surface area contributed by atoms with Gasteiger partial charge in [-0.3, -0.25) is 0 Å². The van der Waals surface area contributed by atoms with Crippen LogP contribution in [0, 0.1) is 0 Å². The van der Waals surface area contributed by atoms with Gasteiger partial charge in [0.25, 0.3) is 0 Å². The van der Waals surface area contributed by atoms with E-state index < -0.39 is 0 Å². The van der Waals surface area contributed by atoms with Gasteiger partial charge in [-0.1, -0.05) is 20.3 Å². The average molecular weight is 224 g/mol. The van der Waals surface area contributed by atoms with Gasteiger partial charge >= 0.3 is 0 Å². The van der Waals surface area contributed by atoms with Crippen molar-refractivity contribution in [2.24, 2.45) is 5.73 Å². The molecule has 0 spiro atoms. The summed E-state index contributed by atoms with van der Waals surface area (Å²) in [6.45, 7) is 6.92. The molecule has 0 bridgehead atoms. The van der Waals surface area contributed by atoms with Gasteiger partial charge in [-0.05, 0) is 12.8 Å². The molecule has 92 valence electrons. The maximum Gasteiger partial charge on any atom is 0.205 e. The number of rotatable bonds is 7. The maximum absolute atomic E-state index is 5.58. The third-order valence-corrected chi connectivity index (χ3v) is 2.73. The van der Waals surface area contributed by atoms with E-state index in [9.17, 15) is 0 Å². The Balaban J connectivity index is 2.81. The van der Waals surface area contributed by atoms with Gasteiger partial charge in [0.1, 0.15) is 0 Å². The van der Waals surface area contributed by atoms with Crippen molar-refractivity contribution in [3.05, 3.63) is 11.9 Å². The van der Waals surface area contributed by atoms with Gasteiger partial charge in [0.2, 0.25) is 5.95 Å². The highest BCUT2D eigenvalue weighted by molar-refractivity contribution is 5.32. The molecule has 1 aromatic rings. The van der Waals surface area contributed by atoms with Gasteiger partial charge in [0, 0.05) is 32.9 Å². The minimum Gasteiger partial charge on any atom is -0.344 e. The lowest BCUT2D eigenvalue weighted by atomic mass is 10.3. The first-order valence-corrected chi connectivity index (χ1v) is 6.20. The van der Waals surface area contributed by atoms with E-state index in [1.165, 1.54) is 12.8 Å². The summed E-state index contributed by atoms with van der Waals surface area (Å²) in [6, 6.07) is 0. The topological polar surface area (TPSA) is 47.1 Å². The molecule has 0 aliphatic heterocycles. The van der Waals surface area contributed by atoms with Crippen molar-refractivity contribution in [1.29, 1.82) is 0 Å². The largest absolute Gasteiger partial charge is 0.344 e. The van der Waals surface area contributed by atoms with Gasteiger partial charge in [-0.15, -0.1) is 0 Å². The van der Waals surface area contributed by atoms with Crippen molar-refractivity contribution in [1.82, 2.24) is 9.55 Å². The van der Waals surface area contributed by atoms with E-state index in [-0.39, 0.29) is 0 Å². The molecule has 4 nitrogen and oxygen atoms in total. The highest BCUT2D eigenvalue weighted by Crippen LogP contribution is 2.14. The van der Waals surface area contributed by atoms with Gasteiger partial charge in [-0.25, -0.2) is 4.98 Å². The van der Waals surface area contributed by atoms with Crippen LogP contribution < -0.4 is 10.6 Å². The number of unbranched alkanes of at least 4 members (excludes halogenated alkanes) is 1. The molecule has 0 amide bonds. The van der Waals surface area contributed by atoms with Crippen molar-refractivity contribution in [3.8, 4) is 0 Å². The minimum absolute atomic E-state index is 0.665. The third-order valence-electron chi connectivity index (χ3n) is 2.73. The predicted molar refractivity (Wildman–Crippen MR) is 68.8 cm³/mol. The van der Waals surface area contributed by atoms with E-state index in [2.05, 4.69) is 41.5 Å². The molecule has 16 heavy (non-hydrogen) atoms. The van der Waals surface area contributed by atoms with E-state index in [1.54, 1.807) is 0 Å². The zero-order valence-electron chi connectivity index (χ0n) is 10.7. The number of imidazole rings is 1. The second kappa shape index (κ2) is 6.53. The molecule has 1 aromatic heterocycles. The van der Waals surface area contributed by atoms with Crippen molar-refractivity contribution in [2.45, 2.75) is 39.7 Å². The monoisotopic (exact) mass is 224 g/mol. The van der Waals surface area contributed by atoms with Crippen LogP contribution in [0.1, 0.15) is 32.4 Å². The van der Waals surface area contributed by atoms with Gasteiger partial charge < -0.3 is 15.2 Å². The van der Waals surface area contributed by atoms with Crippen LogP contribution in [0.25, 0.3) is 0 Å². The second-order valence-corrected chi connectivity index (χ2v) is 4.14. The number of likely N-dealkylation sites (N-methyl/N-ethyl adjacent to an activating group) is 1. The standard InChI is InChI=1S/C12H24N4/c1-4-6-8-16-10-11(5-2)14-12(16)15(3)9-7-13/h10H,4-9,13H2,1-3H3. The molecular weight excluding hydrogens is 200 g/mol. The zero-order valence-corrected chi connectivity index (χ0v) is 10.7. The summed E-state index contributed by atoms with van der Waals surface area (Å²) >= 11 is 0. The van der Waals surface area contributed by atoms with Crippen LogP contribution in [0.3, 0.4) is 0 Å². The Morgan fingerprint density at radius 2 is 2.19 bits per heavy atom. The Kier molecular flexibility index (Phi) is 5.32. The lowest BCUT2D eigenvalue weighted by molar-refractivity contribution is 0.622. The molecule has 0 saturated carbocycles. The molecule has 1 rings (SSSR count). The van der Waals surface area contributed by atoms with Crippen LogP contribution in [-0.4, -0.2) is 29.7 Å². The Morgan fingerprint density at radius 3 is 2.75 bits per heavy atom. The van der Waals surface area contributed by atoms with Crippen LogP contribution in [-0.2, 0) is 13.0 Å². The van der Waals surface area contributed by atoms with Crippen molar-refractivity contribution in [3.63, 3.8) is 0 Å². The molecule has 0 aliphatic rings. The Hall–Kier alpha value is -1.03. The molecule has 2 N–H and O–H groups in total. The maximum atomic E-state index is 5.58. The third kappa shape index (κ3) is 3.23. The van der Waals surface area contributed by atoms with Crippen LogP contribution >= 0.6 is 0 Å². The molecule has 0 unspecified atom stereocenters. The van der Waals surface area contributed by atoms with E-state index in [0.717, 1.165) is 31.2 Å². The number of aryl methyl sites for hydroxylation is 2. The Labute approximate surface area is 98.5 Å². The number of aromatic nitrogens is 2. The summed E-state index contributed by atoms with van der Waals surface area (Å²) in [6.07, 6.45) is 5.56. The molecule has 1 heterocycles. The predicted octanol–water partition coefficient (Wildman–Crippen LogP) is 1.64. The van der Waals surface area contributed by atoms with Crippen molar-refractivity contribution in [2.75, 3.05) is 25.0 Å². The highest BCUT2D eigenvalue weighted by Gasteiger charge is 2.10. The molecule has 0 atom stereocenters. The minimum atomic E-state index is 0.665. The van der Waals surface area contributed by atoms with Gasteiger partial charge in [0.15, 0.2) is 0 Å². The molecule has 0 aliphatic carbocycles. The number of anilines is 1. The summed E-state index contributed by atoms with van der Waals surface area (Å²) in [4.78, 5) is 6.77. The number of hydrogen-bond acceptors (Lipinski definition) is 3. The van der Waals surface area contributed by atoms with Crippen molar-refractivity contribution < 1.29 is 0 Å². The number of nitrogens with zero attached hydrogens (tertiary/aromatic N) is 3. The smallest absolute Gasteiger partial charge is 0.205 e.